The maximum absolute atomic E-state index is 12.7. The van der Waals surface area contributed by atoms with Gasteiger partial charge in [-0.05, 0) is 69.2 Å². The number of amides is 2. The summed E-state index contributed by atoms with van der Waals surface area (Å²) in [6, 6.07) is 7.19. The van der Waals surface area contributed by atoms with Gasteiger partial charge in [-0.1, -0.05) is 6.07 Å². The van der Waals surface area contributed by atoms with Crippen molar-refractivity contribution in [3.63, 3.8) is 0 Å². The molecule has 0 radical (unpaired) electrons. The lowest BCUT2D eigenvalue weighted by Crippen LogP contribution is -2.55. The molecule has 2 unspecified atom stereocenters. The molecule has 140 valence electrons. The lowest BCUT2D eigenvalue weighted by Gasteiger charge is -2.40. The van der Waals surface area contributed by atoms with Gasteiger partial charge in [0.05, 0.1) is 5.56 Å². The van der Waals surface area contributed by atoms with E-state index in [-0.39, 0.29) is 22.9 Å². The van der Waals surface area contributed by atoms with E-state index in [1.807, 2.05) is 19.1 Å². The number of aryl methyl sites for hydroxylation is 1. The number of carbonyl (C=O) groups excluding carboxylic acids is 2. The minimum atomic E-state index is -0.259. The molecule has 2 N–H and O–H groups in total. The average Bonchev–Trinajstić information content (AvgIpc) is 2.92. The molecular weight excluding hydrogens is 340 g/mol. The van der Waals surface area contributed by atoms with Gasteiger partial charge >= 0.3 is 0 Å². The first kappa shape index (κ1) is 17.6. The van der Waals surface area contributed by atoms with Crippen LogP contribution in [0.1, 0.15) is 64.9 Å². The Morgan fingerprint density at radius 3 is 2.41 bits per heavy atom. The SMILES string of the molecule is Cc1cncc(C(=O)NC23CCCC(NC(=O)c4ccccn4)(CC2)C3)c1. The number of pyridine rings is 2. The van der Waals surface area contributed by atoms with Crippen molar-refractivity contribution >= 4 is 11.8 Å². The molecule has 6 heteroatoms. The third kappa shape index (κ3) is 3.56. The molecule has 2 aliphatic rings. The molecule has 0 spiro atoms. The Kier molecular flexibility index (Phi) is 4.42. The zero-order valence-corrected chi connectivity index (χ0v) is 15.5. The predicted molar refractivity (Wildman–Crippen MR) is 101 cm³/mol. The largest absolute Gasteiger partial charge is 0.346 e. The summed E-state index contributed by atoms with van der Waals surface area (Å²) in [4.78, 5) is 33.6. The van der Waals surface area contributed by atoms with Crippen LogP contribution in [0.4, 0.5) is 0 Å². The van der Waals surface area contributed by atoms with E-state index in [4.69, 9.17) is 0 Å². The molecule has 6 nitrogen and oxygen atoms in total. The van der Waals surface area contributed by atoms with Gasteiger partial charge in [0.1, 0.15) is 5.69 Å². The Morgan fingerprint density at radius 1 is 1.00 bits per heavy atom. The van der Waals surface area contributed by atoms with Crippen molar-refractivity contribution in [2.45, 2.75) is 56.5 Å². The quantitative estimate of drug-likeness (QED) is 0.874. The summed E-state index contributed by atoms with van der Waals surface area (Å²) in [6.45, 7) is 1.93. The van der Waals surface area contributed by atoms with Gasteiger partial charge in [-0.25, -0.2) is 0 Å². The number of nitrogens with one attached hydrogen (secondary N) is 2. The highest BCUT2D eigenvalue weighted by Crippen LogP contribution is 2.48. The highest BCUT2D eigenvalue weighted by atomic mass is 16.2. The van der Waals surface area contributed by atoms with Crippen molar-refractivity contribution in [2.75, 3.05) is 0 Å². The van der Waals surface area contributed by atoms with E-state index >= 15 is 0 Å². The van der Waals surface area contributed by atoms with E-state index in [2.05, 4.69) is 20.6 Å². The topological polar surface area (TPSA) is 84.0 Å². The van der Waals surface area contributed by atoms with Crippen LogP contribution >= 0.6 is 0 Å². The summed E-state index contributed by atoms with van der Waals surface area (Å²) >= 11 is 0. The van der Waals surface area contributed by atoms with E-state index in [1.54, 1.807) is 30.7 Å². The molecule has 0 aliphatic heterocycles. The molecule has 27 heavy (non-hydrogen) atoms. The minimum Gasteiger partial charge on any atom is -0.346 e. The number of carbonyl (C=O) groups is 2. The van der Waals surface area contributed by atoms with Gasteiger partial charge < -0.3 is 10.6 Å². The third-order valence-electron chi connectivity index (χ3n) is 5.86. The Morgan fingerprint density at radius 2 is 1.74 bits per heavy atom. The first-order valence-corrected chi connectivity index (χ1v) is 9.47. The standard InChI is InChI=1S/C21H24N4O2/c1-15-11-16(13-22-12-15)18(26)24-20-6-4-7-21(14-20,9-8-20)25-19(27)17-5-2-3-10-23-17/h2-3,5,10-13H,4,6-9,14H2,1H3,(H,24,26)(H,25,27). The fraction of sp³-hybridized carbons (Fsp3) is 0.429. The third-order valence-corrected chi connectivity index (χ3v) is 5.86. The smallest absolute Gasteiger partial charge is 0.270 e. The number of fused-ring (bicyclic) bond motifs is 2. The summed E-state index contributed by atoms with van der Waals surface area (Å²) in [5.41, 5.74) is 1.48. The van der Waals surface area contributed by atoms with Gasteiger partial charge in [0.2, 0.25) is 0 Å². The van der Waals surface area contributed by atoms with E-state index in [0.717, 1.165) is 44.1 Å². The van der Waals surface area contributed by atoms with Crippen LogP contribution in [0.15, 0.2) is 42.9 Å². The summed E-state index contributed by atoms with van der Waals surface area (Å²) in [7, 11) is 0. The molecule has 2 atom stereocenters. The summed E-state index contributed by atoms with van der Waals surface area (Å²) < 4.78 is 0. The zero-order chi connectivity index (χ0) is 18.9. The van der Waals surface area contributed by atoms with Gasteiger partial charge in [0, 0.05) is 29.7 Å². The summed E-state index contributed by atoms with van der Waals surface area (Å²) in [6.07, 6.45) is 10.4. The van der Waals surface area contributed by atoms with Crippen molar-refractivity contribution in [3.05, 3.63) is 59.7 Å². The van der Waals surface area contributed by atoms with Crippen LogP contribution in [0, 0.1) is 6.92 Å². The maximum Gasteiger partial charge on any atom is 0.270 e. The van der Waals surface area contributed by atoms with Gasteiger partial charge in [-0.15, -0.1) is 0 Å². The van der Waals surface area contributed by atoms with Gasteiger partial charge in [0.15, 0.2) is 0 Å². The molecule has 2 aromatic heterocycles. The van der Waals surface area contributed by atoms with Crippen LogP contribution in [0.25, 0.3) is 0 Å². The second-order valence-corrected chi connectivity index (χ2v) is 7.97. The number of nitrogens with zero attached hydrogens (tertiary/aromatic N) is 2. The first-order valence-electron chi connectivity index (χ1n) is 9.47. The molecule has 0 aromatic carbocycles. The lowest BCUT2D eigenvalue weighted by atomic mass is 9.78. The van der Waals surface area contributed by atoms with Crippen molar-refractivity contribution < 1.29 is 9.59 Å². The van der Waals surface area contributed by atoms with Gasteiger partial charge in [0.25, 0.3) is 11.8 Å². The molecular formula is C21H24N4O2. The Balaban J connectivity index is 1.48. The molecule has 2 saturated carbocycles. The molecule has 2 fully saturated rings. The molecule has 4 rings (SSSR count). The predicted octanol–water partition coefficient (Wildman–Crippen LogP) is 2.79. The second kappa shape index (κ2) is 6.76. The number of hydrogen-bond acceptors (Lipinski definition) is 4. The monoisotopic (exact) mass is 364 g/mol. The highest BCUT2D eigenvalue weighted by molar-refractivity contribution is 5.95. The highest BCUT2D eigenvalue weighted by Gasteiger charge is 2.52. The fourth-order valence-corrected chi connectivity index (χ4v) is 4.63. The normalized spacial score (nSPS) is 26.4. The van der Waals surface area contributed by atoms with E-state index in [1.165, 1.54) is 0 Å². The van der Waals surface area contributed by atoms with Crippen LogP contribution in [0.3, 0.4) is 0 Å². The molecule has 2 amide bonds. The number of rotatable bonds is 4. The van der Waals surface area contributed by atoms with Crippen molar-refractivity contribution in [1.29, 1.82) is 0 Å². The lowest BCUT2D eigenvalue weighted by molar-refractivity contribution is 0.0829. The van der Waals surface area contributed by atoms with Gasteiger partial charge in [-0.2, -0.15) is 0 Å². The van der Waals surface area contributed by atoms with E-state index < -0.39 is 0 Å². The average molecular weight is 364 g/mol. The summed E-state index contributed by atoms with van der Waals surface area (Å²) in [5, 5.41) is 6.48. The zero-order valence-electron chi connectivity index (χ0n) is 15.5. The number of hydrogen-bond donors (Lipinski definition) is 2. The fourth-order valence-electron chi connectivity index (χ4n) is 4.63. The van der Waals surface area contributed by atoms with Crippen LogP contribution in [0.2, 0.25) is 0 Å². The Bertz CT molecular complexity index is 869. The molecule has 2 heterocycles. The van der Waals surface area contributed by atoms with Crippen LogP contribution < -0.4 is 10.6 Å². The Hall–Kier alpha value is -2.76. The minimum absolute atomic E-state index is 0.0834. The van der Waals surface area contributed by atoms with E-state index in [9.17, 15) is 9.59 Å². The summed E-state index contributed by atoms with van der Waals surface area (Å²) in [5.74, 6) is -0.220. The van der Waals surface area contributed by atoms with Crippen molar-refractivity contribution in [1.82, 2.24) is 20.6 Å². The number of aromatic nitrogens is 2. The second-order valence-electron chi connectivity index (χ2n) is 7.97. The molecule has 2 aromatic rings. The molecule has 2 aliphatic carbocycles. The van der Waals surface area contributed by atoms with Crippen LogP contribution in [0.5, 0.6) is 0 Å². The molecule has 0 saturated heterocycles. The van der Waals surface area contributed by atoms with Gasteiger partial charge in [-0.3, -0.25) is 19.6 Å². The molecule has 2 bridgehead atoms. The van der Waals surface area contributed by atoms with Crippen molar-refractivity contribution in [2.24, 2.45) is 0 Å². The maximum atomic E-state index is 12.7. The van der Waals surface area contributed by atoms with Crippen molar-refractivity contribution in [3.8, 4) is 0 Å². The van der Waals surface area contributed by atoms with Crippen LogP contribution in [-0.2, 0) is 0 Å². The first-order chi connectivity index (χ1) is 13.0. The Labute approximate surface area is 158 Å². The van der Waals surface area contributed by atoms with E-state index in [0.29, 0.717) is 11.3 Å². The van der Waals surface area contributed by atoms with Crippen LogP contribution in [-0.4, -0.2) is 32.9 Å².